The second kappa shape index (κ2) is 5.53. The van der Waals surface area contributed by atoms with Crippen molar-refractivity contribution in [2.45, 2.75) is 11.8 Å². The molecule has 2 heterocycles. The molecule has 112 valence electrons. The molecule has 1 aliphatic rings. The number of fused-ring (bicyclic) bond motifs is 1. The highest BCUT2D eigenvalue weighted by Crippen LogP contribution is 2.27. The highest BCUT2D eigenvalue weighted by Gasteiger charge is 2.28. The van der Waals surface area contributed by atoms with Crippen LogP contribution >= 0.6 is 11.6 Å². The van der Waals surface area contributed by atoms with E-state index in [9.17, 15) is 8.42 Å². The zero-order chi connectivity index (χ0) is 15.0. The Balaban J connectivity index is 2.17. The smallest absolute Gasteiger partial charge is 0.245 e. The van der Waals surface area contributed by atoms with Crippen molar-refractivity contribution in [1.82, 2.24) is 14.6 Å². The topological polar surface area (TPSA) is 62.3 Å². The minimum Gasteiger partial charge on any atom is -0.314 e. The number of halogens is 1. The molecule has 1 aliphatic heterocycles. The van der Waals surface area contributed by atoms with Gasteiger partial charge in [-0.2, -0.15) is 4.31 Å². The Morgan fingerprint density at radius 3 is 2.71 bits per heavy atom. The third-order valence-corrected chi connectivity index (χ3v) is 5.94. The molecule has 0 spiro atoms. The molecule has 0 saturated carbocycles. The van der Waals surface area contributed by atoms with Crippen LogP contribution in [0.2, 0.25) is 5.15 Å². The van der Waals surface area contributed by atoms with Gasteiger partial charge in [-0.1, -0.05) is 23.7 Å². The number of aromatic nitrogens is 1. The van der Waals surface area contributed by atoms with Gasteiger partial charge in [-0.15, -0.1) is 0 Å². The summed E-state index contributed by atoms with van der Waals surface area (Å²) in [4.78, 5) is 4.51. The number of sulfonamides is 1. The van der Waals surface area contributed by atoms with E-state index in [-0.39, 0.29) is 4.90 Å². The van der Waals surface area contributed by atoms with Gasteiger partial charge in [0.2, 0.25) is 10.0 Å². The maximum atomic E-state index is 12.8. The predicted octanol–water partition coefficient (Wildman–Crippen LogP) is 1.79. The number of hydrogen-bond acceptors (Lipinski definition) is 4. The quantitative estimate of drug-likeness (QED) is 0.855. The van der Waals surface area contributed by atoms with Crippen molar-refractivity contribution in [1.29, 1.82) is 0 Å². The molecule has 0 radical (unpaired) electrons. The van der Waals surface area contributed by atoms with Crippen molar-refractivity contribution in [3.05, 3.63) is 35.0 Å². The van der Waals surface area contributed by atoms with Crippen LogP contribution in [0.25, 0.3) is 10.9 Å². The highest BCUT2D eigenvalue weighted by atomic mass is 35.5. The Bertz CT molecular complexity index is 786. The van der Waals surface area contributed by atoms with E-state index in [2.05, 4.69) is 10.3 Å². The molecule has 1 saturated heterocycles. The van der Waals surface area contributed by atoms with Gasteiger partial charge in [0.1, 0.15) is 10.0 Å². The first-order valence-electron chi connectivity index (χ1n) is 6.77. The van der Waals surface area contributed by atoms with E-state index in [0.717, 1.165) is 10.9 Å². The summed E-state index contributed by atoms with van der Waals surface area (Å²) in [5.74, 6) is 0. The van der Waals surface area contributed by atoms with Crippen molar-refractivity contribution in [3.8, 4) is 0 Å². The van der Waals surface area contributed by atoms with E-state index < -0.39 is 10.0 Å². The van der Waals surface area contributed by atoms with Crippen LogP contribution in [0.15, 0.2) is 29.2 Å². The Hall–Kier alpha value is -1.21. The Labute approximate surface area is 129 Å². The maximum absolute atomic E-state index is 12.8. The lowest BCUT2D eigenvalue weighted by Crippen LogP contribution is -2.46. The molecular weight excluding hydrogens is 310 g/mol. The van der Waals surface area contributed by atoms with Gasteiger partial charge >= 0.3 is 0 Å². The predicted molar refractivity (Wildman–Crippen MR) is 83.1 cm³/mol. The van der Waals surface area contributed by atoms with E-state index in [1.807, 2.05) is 19.1 Å². The monoisotopic (exact) mass is 325 g/mol. The zero-order valence-corrected chi connectivity index (χ0v) is 13.2. The second-order valence-electron chi connectivity index (χ2n) is 5.08. The standard InChI is InChI=1S/C14H16ClN3O2S/c1-10-9-11-3-2-4-12(13(11)17-14(10)15)21(19,20)18-7-5-16-6-8-18/h2-4,9,16H,5-8H2,1H3. The van der Waals surface area contributed by atoms with Gasteiger partial charge < -0.3 is 5.32 Å². The highest BCUT2D eigenvalue weighted by molar-refractivity contribution is 7.89. The van der Waals surface area contributed by atoms with Crippen molar-refractivity contribution in [3.63, 3.8) is 0 Å². The average Bonchev–Trinajstić information content (AvgIpc) is 2.49. The summed E-state index contributed by atoms with van der Waals surface area (Å²) in [5, 5.41) is 4.27. The number of piperazine rings is 1. The largest absolute Gasteiger partial charge is 0.314 e. The van der Waals surface area contributed by atoms with Gasteiger partial charge in [0.25, 0.3) is 0 Å². The van der Waals surface area contributed by atoms with Gasteiger partial charge in [-0.25, -0.2) is 13.4 Å². The van der Waals surface area contributed by atoms with Crippen LogP contribution in [0.4, 0.5) is 0 Å². The molecule has 1 aromatic carbocycles. The molecule has 3 rings (SSSR count). The van der Waals surface area contributed by atoms with Gasteiger partial charge in [0.05, 0.1) is 5.52 Å². The lowest BCUT2D eigenvalue weighted by atomic mass is 10.2. The molecule has 21 heavy (non-hydrogen) atoms. The molecule has 0 amide bonds. The molecule has 1 aromatic heterocycles. The van der Waals surface area contributed by atoms with E-state index >= 15 is 0 Å². The molecule has 5 nitrogen and oxygen atoms in total. The molecule has 2 aromatic rings. The van der Waals surface area contributed by atoms with E-state index in [4.69, 9.17) is 11.6 Å². The SMILES string of the molecule is Cc1cc2cccc(S(=O)(=O)N3CCNCC3)c2nc1Cl. The van der Waals surface area contributed by atoms with Gasteiger partial charge in [-0.3, -0.25) is 0 Å². The van der Waals surface area contributed by atoms with Crippen LogP contribution in [0.1, 0.15) is 5.56 Å². The summed E-state index contributed by atoms with van der Waals surface area (Å²) in [6.45, 7) is 4.12. The number of rotatable bonds is 2. The summed E-state index contributed by atoms with van der Waals surface area (Å²) < 4.78 is 27.1. The van der Waals surface area contributed by atoms with Crippen LogP contribution in [0.5, 0.6) is 0 Å². The number of aryl methyl sites for hydroxylation is 1. The molecule has 0 aliphatic carbocycles. The third-order valence-electron chi connectivity index (χ3n) is 3.63. The first kappa shape index (κ1) is 14.7. The molecule has 7 heteroatoms. The summed E-state index contributed by atoms with van der Waals surface area (Å²) in [6, 6.07) is 7.05. The number of nitrogens with one attached hydrogen (secondary N) is 1. The molecule has 0 atom stereocenters. The normalized spacial score (nSPS) is 17.2. The van der Waals surface area contributed by atoms with Crippen LogP contribution in [-0.4, -0.2) is 43.9 Å². The first-order chi connectivity index (χ1) is 10.00. The van der Waals surface area contributed by atoms with Crippen LogP contribution < -0.4 is 5.32 Å². The number of hydrogen-bond donors (Lipinski definition) is 1. The van der Waals surface area contributed by atoms with E-state index in [1.54, 1.807) is 12.1 Å². The van der Waals surface area contributed by atoms with E-state index in [0.29, 0.717) is 36.8 Å². The van der Waals surface area contributed by atoms with Gasteiger partial charge in [0.15, 0.2) is 0 Å². The summed E-state index contributed by atoms with van der Waals surface area (Å²) in [7, 11) is -3.55. The second-order valence-corrected chi connectivity index (χ2v) is 7.34. The Kier molecular flexibility index (Phi) is 3.88. The molecule has 0 unspecified atom stereocenters. The molecular formula is C14H16ClN3O2S. The fourth-order valence-corrected chi connectivity index (χ4v) is 4.23. The first-order valence-corrected chi connectivity index (χ1v) is 8.59. The van der Waals surface area contributed by atoms with Gasteiger partial charge in [0, 0.05) is 31.6 Å². The third kappa shape index (κ3) is 2.64. The van der Waals surface area contributed by atoms with Crippen molar-refractivity contribution >= 4 is 32.5 Å². The van der Waals surface area contributed by atoms with Crippen LogP contribution in [0.3, 0.4) is 0 Å². The summed E-state index contributed by atoms with van der Waals surface area (Å²) >= 11 is 6.07. The number of benzene rings is 1. The van der Waals surface area contributed by atoms with E-state index in [1.165, 1.54) is 4.31 Å². The number of pyridine rings is 1. The molecule has 1 fully saturated rings. The average molecular weight is 326 g/mol. The lowest BCUT2D eigenvalue weighted by molar-refractivity contribution is 0.360. The van der Waals surface area contributed by atoms with Crippen molar-refractivity contribution in [2.75, 3.05) is 26.2 Å². The van der Waals surface area contributed by atoms with Crippen LogP contribution in [-0.2, 0) is 10.0 Å². The summed E-state index contributed by atoms with van der Waals surface area (Å²) in [5.41, 5.74) is 1.27. The molecule has 0 bridgehead atoms. The Morgan fingerprint density at radius 2 is 2.00 bits per heavy atom. The van der Waals surface area contributed by atoms with Crippen LogP contribution in [0, 0.1) is 6.92 Å². The minimum atomic E-state index is -3.55. The van der Waals surface area contributed by atoms with Gasteiger partial charge in [-0.05, 0) is 24.6 Å². The Morgan fingerprint density at radius 1 is 1.29 bits per heavy atom. The summed E-state index contributed by atoms with van der Waals surface area (Å²) in [6.07, 6.45) is 0. The number of nitrogens with zero attached hydrogens (tertiary/aromatic N) is 2. The molecule has 1 N–H and O–H groups in total. The number of para-hydroxylation sites is 1. The fraction of sp³-hybridized carbons (Fsp3) is 0.357. The minimum absolute atomic E-state index is 0.226. The fourth-order valence-electron chi connectivity index (χ4n) is 2.49. The maximum Gasteiger partial charge on any atom is 0.245 e. The van der Waals surface area contributed by atoms with Crippen molar-refractivity contribution in [2.24, 2.45) is 0 Å². The lowest BCUT2D eigenvalue weighted by Gasteiger charge is -2.26. The zero-order valence-electron chi connectivity index (χ0n) is 11.6. The van der Waals surface area contributed by atoms with Crippen molar-refractivity contribution < 1.29 is 8.42 Å².